The fourth-order valence-electron chi connectivity index (χ4n) is 2.30. The number of hydrogen-bond donors (Lipinski definition) is 0. The van der Waals surface area contributed by atoms with Gasteiger partial charge in [-0.3, -0.25) is 4.79 Å². The summed E-state index contributed by atoms with van der Waals surface area (Å²) in [6.45, 7) is 4.20. The van der Waals surface area contributed by atoms with Gasteiger partial charge in [-0.1, -0.05) is 25.0 Å². The number of rotatable bonds is 6. The quantitative estimate of drug-likeness (QED) is 0.413. The Hall–Kier alpha value is -1.38. The minimum absolute atomic E-state index is 0.0587. The Morgan fingerprint density at radius 1 is 1.50 bits per heavy atom. The van der Waals surface area contributed by atoms with Gasteiger partial charge in [0.1, 0.15) is 0 Å². The monoisotopic (exact) mass is 250 g/mol. The molecule has 0 aliphatic heterocycles. The molecule has 1 rings (SSSR count). The fraction of sp³-hybridized carbons (Fsp3) is 0.600. The van der Waals surface area contributed by atoms with Crippen molar-refractivity contribution in [2.24, 2.45) is 5.41 Å². The Kier molecular flexibility index (Phi) is 5.32. The van der Waals surface area contributed by atoms with Crippen LogP contribution in [0.25, 0.3) is 0 Å². The Balaban J connectivity index is 2.23. The number of allylic oxidation sites excluding steroid dienone is 3. The van der Waals surface area contributed by atoms with E-state index >= 15 is 0 Å². The highest BCUT2D eigenvalue weighted by molar-refractivity contribution is 5.94. The van der Waals surface area contributed by atoms with Crippen molar-refractivity contribution in [3.63, 3.8) is 0 Å². The second kappa shape index (κ2) is 6.53. The maximum Gasteiger partial charge on any atom is 0.330 e. The molecule has 0 amide bonds. The highest BCUT2D eigenvalue weighted by Gasteiger charge is 2.33. The van der Waals surface area contributed by atoms with Gasteiger partial charge in [-0.2, -0.15) is 0 Å². The topological polar surface area (TPSA) is 43.4 Å². The zero-order chi connectivity index (χ0) is 13.6. The largest absolute Gasteiger partial charge is 0.466 e. The van der Waals surface area contributed by atoms with Crippen molar-refractivity contribution >= 4 is 11.8 Å². The molecule has 3 heteroatoms. The molecule has 0 aromatic rings. The molecule has 0 saturated carbocycles. The number of hydrogen-bond acceptors (Lipinski definition) is 3. The van der Waals surface area contributed by atoms with Crippen molar-refractivity contribution in [3.05, 3.63) is 23.8 Å². The summed E-state index contributed by atoms with van der Waals surface area (Å²) < 4.78 is 4.51. The number of unbranched alkanes of at least 4 members (excludes halogenated alkanes) is 2. The summed E-state index contributed by atoms with van der Waals surface area (Å²) in [4.78, 5) is 22.2. The van der Waals surface area contributed by atoms with Crippen LogP contribution in [-0.4, -0.2) is 18.9 Å². The molecule has 0 saturated heterocycles. The highest BCUT2D eigenvalue weighted by Crippen LogP contribution is 2.40. The van der Waals surface area contributed by atoms with Crippen molar-refractivity contribution in [1.29, 1.82) is 0 Å². The van der Waals surface area contributed by atoms with Gasteiger partial charge in [0.15, 0.2) is 5.78 Å². The second-order valence-electron chi connectivity index (χ2n) is 5.20. The molecule has 0 radical (unpaired) electrons. The van der Waals surface area contributed by atoms with E-state index in [1.807, 2.05) is 13.0 Å². The number of esters is 1. The molecule has 0 bridgehead atoms. The number of ether oxygens (including phenoxy) is 1. The van der Waals surface area contributed by atoms with E-state index < -0.39 is 0 Å². The predicted octanol–water partition coefficient (Wildman–Crippen LogP) is 3.20. The first-order valence-electron chi connectivity index (χ1n) is 6.44. The fourth-order valence-corrected chi connectivity index (χ4v) is 2.30. The van der Waals surface area contributed by atoms with Crippen molar-refractivity contribution in [2.45, 2.75) is 46.0 Å². The second-order valence-corrected chi connectivity index (χ2v) is 5.20. The molecule has 1 atom stereocenters. The third-order valence-electron chi connectivity index (χ3n) is 3.70. The summed E-state index contributed by atoms with van der Waals surface area (Å²) in [5.74, 6) is -0.0530. The number of methoxy groups -OCH3 is 1. The van der Waals surface area contributed by atoms with Gasteiger partial charge >= 0.3 is 5.97 Å². The van der Waals surface area contributed by atoms with Gasteiger partial charge in [0, 0.05) is 12.5 Å². The Morgan fingerprint density at radius 2 is 2.22 bits per heavy atom. The van der Waals surface area contributed by atoms with Gasteiger partial charge in [-0.15, -0.1) is 0 Å². The summed E-state index contributed by atoms with van der Waals surface area (Å²) in [5, 5.41) is 0. The van der Waals surface area contributed by atoms with Gasteiger partial charge in [-0.25, -0.2) is 4.79 Å². The molecule has 1 aliphatic rings. The van der Waals surface area contributed by atoms with Gasteiger partial charge in [0.05, 0.1) is 7.11 Å². The number of ketones is 1. The molecular formula is C15H22O3. The lowest BCUT2D eigenvalue weighted by atomic mass is 9.79. The summed E-state index contributed by atoms with van der Waals surface area (Å²) >= 11 is 0. The minimum atomic E-state index is -0.304. The Morgan fingerprint density at radius 3 is 2.78 bits per heavy atom. The molecule has 0 spiro atoms. The van der Waals surface area contributed by atoms with E-state index in [1.165, 1.54) is 18.8 Å². The lowest BCUT2D eigenvalue weighted by Gasteiger charge is -2.25. The smallest absolute Gasteiger partial charge is 0.330 e. The van der Waals surface area contributed by atoms with Crippen LogP contribution in [0.15, 0.2) is 23.8 Å². The van der Waals surface area contributed by atoms with Crippen LogP contribution in [0.2, 0.25) is 0 Å². The molecular weight excluding hydrogens is 228 g/mol. The van der Waals surface area contributed by atoms with Gasteiger partial charge in [0.25, 0.3) is 0 Å². The maximum atomic E-state index is 11.4. The molecule has 0 N–H and O–H groups in total. The third kappa shape index (κ3) is 4.13. The van der Waals surface area contributed by atoms with Crippen LogP contribution in [0.1, 0.15) is 46.0 Å². The minimum Gasteiger partial charge on any atom is -0.466 e. The lowest BCUT2D eigenvalue weighted by molar-refractivity contribution is -0.134. The van der Waals surface area contributed by atoms with E-state index in [1.54, 1.807) is 6.08 Å². The molecule has 0 aromatic carbocycles. The van der Waals surface area contributed by atoms with Crippen LogP contribution in [0.5, 0.6) is 0 Å². The van der Waals surface area contributed by atoms with Crippen molar-refractivity contribution < 1.29 is 14.3 Å². The standard InChI is InChI=1S/C15H22O3/c1-12-10-13(16)11-15(12,2)9-7-5-4-6-8-14(17)18-3/h6,8,10H,4-5,7,9,11H2,1-3H3/b8-6+. The van der Waals surface area contributed by atoms with Crippen LogP contribution in [0, 0.1) is 5.41 Å². The molecule has 100 valence electrons. The summed E-state index contributed by atoms with van der Waals surface area (Å²) in [6, 6.07) is 0. The molecule has 0 heterocycles. The third-order valence-corrected chi connectivity index (χ3v) is 3.70. The first-order chi connectivity index (χ1) is 8.48. The van der Waals surface area contributed by atoms with E-state index in [0.717, 1.165) is 25.7 Å². The SMILES string of the molecule is COC(=O)/C=C/CCCCC1(C)CC(=O)C=C1C. The van der Waals surface area contributed by atoms with E-state index in [4.69, 9.17) is 0 Å². The number of carbonyl (C=O) groups is 2. The van der Waals surface area contributed by atoms with Gasteiger partial charge < -0.3 is 4.74 Å². The Labute approximate surface area is 109 Å². The maximum absolute atomic E-state index is 11.4. The Bertz CT molecular complexity index is 379. The van der Waals surface area contributed by atoms with Gasteiger partial charge in [0.2, 0.25) is 0 Å². The molecule has 0 fully saturated rings. The molecule has 0 aromatic heterocycles. The number of carbonyl (C=O) groups excluding carboxylic acids is 2. The average molecular weight is 250 g/mol. The summed E-state index contributed by atoms with van der Waals surface area (Å²) in [6.07, 6.45) is 9.75. The van der Waals surface area contributed by atoms with E-state index in [0.29, 0.717) is 6.42 Å². The van der Waals surface area contributed by atoms with E-state index in [2.05, 4.69) is 11.7 Å². The van der Waals surface area contributed by atoms with Crippen molar-refractivity contribution in [3.8, 4) is 0 Å². The van der Waals surface area contributed by atoms with Crippen LogP contribution in [0.3, 0.4) is 0 Å². The highest BCUT2D eigenvalue weighted by atomic mass is 16.5. The zero-order valence-corrected chi connectivity index (χ0v) is 11.5. The van der Waals surface area contributed by atoms with E-state index in [-0.39, 0.29) is 17.2 Å². The van der Waals surface area contributed by atoms with Gasteiger partial charge in [-0.05, 0) is 37.7 Å². The van der Waals surface area contributed by atoms with Crippen LogP contribution < -0.4 is 0 Å². The summed E-state index contributed by atoms with van der Waals surface area (Å²) in [7, 11) is 1.37. The molecule has 1 unspecified atom stereocenters. The zero-order valence-electron chi connectivity index (χ0n) is 11.5. The van der Waals surface area contributed by atoms with Crippen LogP contribution in [0.4, 0.5) is 0 Å². The summed E-state index contributed by atoms with van der Waals surface area (Å²) in [5.41, 5.74) is 1.26. The van der Waals surface area contributed by atoms with Crippen LogP contribution in [-0.2, 0) is 14.3 Å². The lowest BCUT2D eigenvalue weighted by Crippen LogP contribution is -2.15. The predicted molar refractivity (Wildman–Crippen MR) is 71.1 cm³/mol. The molecule has 1 aliphatic carbocycles. The normalized spacial score (nSPS) is 23.5. The van der Waals surface area contributed by atoms with Crippen molar-refractivity contribution in [2.75, 3.05) is 7.11 Å². The molecule has 18 heavy (non-hydrogen) atoms. The molecule has 3 nitrogen and oxygen atoms in total. The average Bonchev–Trinajstić information content (AvgIpc) is 2.57. The first kappa shape index (κ1) is 14.7. The van der Waals surface area contributed by atoms with Crippen molar-refractivity contribution in [1.82, 2.24) is 0 Å². The van der Waals surface area contributed by atoms with E-state index in [9.17, 15) is 9.59 Å². The van der Waals surface area contributed by atoms with Crippen LogP contribution >= 0.6 is 0 Å². The first-order valence-corrected chi connectivity index (χ1v) is 6.44.